The SMILES string of the molecule is Cc1cnccc1-c1noc(C2CCCC2O)n1. The molecule has 0 aromatic carbocycles. The van der Waals surface area contributed by atoms with Gasteiger partial charge in [-0.15, -0.1) is 0 Å². The van der Waals surface area contributed by atoms with Gasteiger partial charge in [0, 0.05) is 18.0 Å². The molecule has 1 saturated carbocycles. The third-order valence-electron chi connectivity index (χ3n) is 3.50. The summed E-state index contributed by atoms with van der Waals surface area (Å²) in [6.07, 6.45) is 5.88. The molecule has 0 amide bonds. The number of aliphatic hydroxyl groups is 1. The molecule has 0 spiro atoms. The minimum Gasteiger partial charge on any atom is -0.392 e. The first-order valence-electron chi connectivity index (χ1n) is 6.18. The molecule has 0 radical (unpaired) electrons. The summed E-state index contributed by atoms with van der Waals surface area (Å²) in [5, 5.41) is 13.8. The molecular weight excluding hydrogens is 230 g/mol. The lowest BCUT2D eigenvalue weighted by Gasteiger charge is -2.07. The molecule has 1 aliphatic rings. The largest absolute Gasteiger partial charge is 0.392 e. The van der Waals surface area contributed by atoms with E-state index in [2.05, 4.69) is 15.1 Å². The van der Waals surface area contributed by atoms with Crippen molar-refractivity contribution in [2.24, 2.45) is 0 Å². The molecule has 18 heavy (non-hydrogen) atoms. The van der Waals surface area contributed by atoms with Crippen LogP contribution in [-0.2, 0) is 0 Å². The first kappa shape index (κ1) is 11.3. The molecule has 2 atom stereocenters. The Balaban J connectivity index is 1.92. The molecule has 2 aromatic rings. The fourth-order valence-corrected chi connectivity index (χ4v) is 2.45. The van der Waals surface area contributed by atoms with E-state index in [4.69, 9.17) is 4.52 Å². The van der Waals surface area contributed by atoms with Crippen LogP contribution >= 0.6 is 0 Å². The predicted octanol–water partition coefficient (Wildman–Crippen LogP) is 2.07. The van der Waals surface area contributed by atoms with E-state index in [-0.39, 0.29) is 12.0 Å². The molecule has 0 aliphatic heterocycles. The summed E-state index contributed by atoms with van der Waals surface area (Å²) in [5.74, 6) is 1.11. The van der Waals surface area contributed by atoms with Crippen molar-refractivity contribution in [1.82, 2.24) is 15.1 Å². The van der Waals surface area contributed by atoms with Gasteiger partial charge in [-0.1, -0.05) is 5.16 Å². The molecule has 1 aliphatic carbocycles. The van der Waals surface area contributed by atoms with Crippen LogP contribution < -0.4 is 0 Å². The van der Waals surface area contributed by atoms with E-state index < -0.39 is 0 Å². The topological polar surface area (TPSA) is 72.0 Å². The molecule has 1 fully saturated rings. The van der Waals surface area contributed by atoms with Gasteiger partial charge in [-0.05, 0) is 37.8 Å². The molecule has 3 rings (SSSR count). The summed E-state index contributed by atoms with van der Waals surface area (Å²) in [6, 6.07) is 1.87. The standard InChI is InChI=1S/C13H15N3O2/c1-8-7-14-6-5-9(8)12-15-13(18-16-12)10-3-2-4-11(10)17/h5-7,10-11,17H,2-4H2,1H3. The van der Waals surface area contributed by atoms with Gasteiger partial charge in [0.25, 0.3) is 0 Å². The van der Waals surface area contributed by atoms with Crippen molar-refractivity contribution in [2.75, 3.05) is 0 Å². The highest BCUT2D eigenvalue weighted by Gasteiger charge is 2.31. The van der Waals surface area contributed by atoms with Gasteiger partial charge in [-0.25, -0.2) is 0 Å². The number of aryl methyl sites for hydroxylation is 1. The second kappa shape index (κ2) is 4.49. The number of aromatic nitrogens is 3. The Morgan fingerprint density at radius 2 is 2.28 bits per heavy atom. The Morgan fingerprint density at radius 1 is 1.39 bits per heavy atom. The van der Waals surface area contributed by atoms with Crippen LogP contribution in [0.15, 0.2) is 23.0 Å². The van der Waals surface area contributed by atoms with Crippen molar-refractivity contribution in [3.8, 4) is 11.4 Å². The van der Waals surface area contributed by atoms with Crippen LogP contribution in [0.25, 0.3) is 11.4 Å². The number of nitrogens with zero attached hydrogens (tertiary/aromatic N) is 3. The Hall–Kier alpha value is -1.75. The maximum Gasteiger partial charge on any atom is 0.232 e. The summed E-state index contributed by atoms with van der Waals surface area (Å²) in [6.45, 7) is 1.96. The quantitative estimate of drug-likeness (QED) is 0.876. The van der Waals surface area contributed by atoms with E-state index in [9.17, 15) is 5.11 Å². The van der Waals surface area contributed by atoms with Crippen LogP contribution in [-0.4, -0.2) is 26.3 Å². The van der Waals surface area contributed by atoms with Crippen LogP contribution in [0.1, 0.15) is 36.6 Å². The highest BCUT2D eigenvalue weighted by atomic mass is 16.5. The van der Waals surface area contributed by atoms with Crippen LogP contribution in [0.4, 0.5) is 0 Å². The first-order valence-corrected chi connectivity index (χ1v) is 6.18. The van der Waals surface area contributed by atoms with Gasteiger partial charge in [0.1, 0.15) is 0 Å². The second-order valence-electron chi connectivity index (χ2n) is 4.75. The Bertz CT molecular complexity index is 553. The Labute approximate surface area is 105 Å². The Morgan fingerprint density at radius 3 is 3.00 bits per heavy atom. The van der Waals surface area contributed by atoms with Crippen LogP contribution in [0.2, 0.25) is 0 Å². The normalized spacial score (nSPS) is 23.4. The third kappa shape index (κ3) is 1.90. The predicted molar refractivity (Wildman–Crippen MR) is 64.9 cm³/mol. The zero-order valence-corrected chi connectivity index (χ0v) is 10.2. The summed E-state index contributed by atoms with van der Waals surface area (Å²) >= 11 is 0. The second-order valence-corrected chi connectivity index (χ2v) is 4.75. The van der Waals surface area contributed by atoms with Gasteiger partial charge in [-0.3, -0.25) is 4.98 Å². The molecule has 5 nitrogen and oxygen atoms in total. The zero-order valence-electron chi connectivity index (χ0n) is 10.2. The van der Waals surface area contributed by atoms with Gasteiger partial charge < -0.3 is 9.63 Å². The molecule has 1 N–H and O–H groups in total. The van der Waals surface area contributed by atoms with Crippen molar-refractivity contribution < 1.29 is 9.63 Å². The van der Waals surface area contributed by atoms with Crippen molar-refractivity contribution in [2.45, 2.75) is 38.2 Å². The van der Waals surface area contributed by atoms with E-state index >= 15 is 0 Å². The van der Waals surface area contributed by atoms with Gasteiger partial charge in [-0.2, -0.15) is 4.98 Å². The Kier molecular flexibility index (Phi) is 2.83. The van der Waals surface area contributed by atoms with E-state index in [1.807, 2.05) is 13.0 Å². The molecular formula is C13H15N3O2. The van der Waals surface area contributed by atoms with Crippen molar-refractivity contribution in [1.29, 1.82) is 0 Å². The van der Waals surface area contributed by atoms with Crippen molar-refractivity contribution in [3.63, 3.8) is 0 Å². The molecule has 2 heterocycles. The molecule has 5 heteroatoms. The lowest BCUT2D eigenvalue weighted by Crippen LogP contribution is -2.11. The minimum absolute atomic E-state index is 0.00612. The van der Waals surface area contributed by atoms with Gasteiger partial charge in [0.15, 0.2) is 0 Å². The summed E-state index contributed by atoms with van der Waals surface area (Å²) < 4.78 is 5.29. The van der Waals surface area contributed by atoms with E-state index in [0.29, 0.717) is 11.7 Å². The van der Waals surface area contributed by atoms with Crippen molar-refractivity contribution >= 4 is 0 Å². The molecule has 2 unspecified atom stereocenters. The van der Waals surface area contributed by atoms with E-state index in [0.717, 1.165) is 30.4 Å². The average Bonchev–Trinajstić information content (AvgIpc) is 2.98. The van der Waals surface area contributed by atoms with E-state index in [1.54, 1.807) is 12.4 Å². The molecule has 2 aromatic heterocycles. The maximum atomic E-state index is 9.84. The van der Waals surface area contributed by atoms with Crippen LogP contribution in [0, 0.1) is 6.92 Å². The monoisotopic (exact) mass is 245 g/mol. The minimum atomic E-state index is -0.350. The molecule has 0 saturated heterocycles. The molecule has 0 bridgehead atoms. The van der Waals surface area contributed by atoms with Crippen molar-refractivity contribution in [3.05, 3.63) is 29.9 Å². The highest BCUT2D eigenvalue weighted by molar-refractivity contribution is 5.57. The van der Waals surface area contributed by atoms with Crippen LogP contribution in [0.3, 0.4) is 0 Å². The fourth-order valence-electron chi connectivity index (χ4n) is 2.45. The third-order valence-corrected chi connectivity index (χ3v) is 3.50. The smallest absolute Gasteiger partial charge is 0.232 e. The van der Waals surface area contributed by atoms with E-state index in [1.165, 1.54) is 0 Å². The number of aliphatic hydroxyl groups excluding tert-OH is 1. The zero-order chi connectivity index (χ0) is 12.5. The summed E-state index contributed by atoms with van der Waals surface area (Å²) in [5.41, 5.74) is 1.93. The fraction of sp³-hybridized carbons (Fsp3) is 0.462. The van der Waals surface area contributed by atoms with Crippen LogP contribution in [0.5, 0.6) is 0 Å². The van der Waals surface area contributed by atoms with Gasteiger partial charge >= 0.3 is 0 Å². The summed E-state index contributed by atoms with van der Waals surface area (Å²) in [7, 11) is 0. The number of rotatable bonds is 2. The van der Waals surface area contributed by atoms with Gasteiger partial charge in [0.2, 0.25) is 11.7 Å². The number of hydrogen-bond donors (Lipinski definition) is 1. The molecule has 94 valence electrons. The number of pyridine rings is 1. The average molecular weight is 245 g/mol. The number of hydrogen-bond acceptors (Lipinski definition) is 5. The lowest BCUT2D eigenvalue weighted by atomic mass is 10.1. The van der Waals surface area contributed by atoms with Gasteiger partial charge in [0.05, 0.1) is 12.0 Å². The highest BCUT2D eigenvalue weighted by Crippen LogP contribution is 2.34. The first-order chi connectivity index (χ1) is 8.75. The summed E-state index contributed by atoms with van der Waals surface area (Å²) in [4.78, 5) is 8.45. The maximum absolute atomic E-state index is 9.84. The lowest BCUT2D eigenvalue weighted by molar-refractivity contribution is 0.148.